The highest BCUT2D eigenvalue weighted by Gasteiger charge is 2.21. The van der Waals surface area contributed by atoms with Gasteiger partial charge in [-0.05, 0) is 29.8 Å². The Labute approximate surface area is 167 Å². The predicted octanol–water partition coefficient (Wildman–Crippen LogP) is 3.77. The third-order valence-corrected chi connectivity index (χ3v) is 4.34. The third kappa shape index (κ3) is 5.73. The van der Waals surface area contributed by atoms with Crippen LogP contribution in [0.5, 0.6) is 0 Å². The fourth-order valence-electron chi connectivity index (χ4n) is 2.67. The highest BCUT2D eigenvalue weighted by atomic mass is 127. The minimum Gasteiger partial charge on any atom is -0.355 e. The Hall–Kier alpha value is -1.57. The lowest BCUT2D eigenvalue weighted by molar-refractivity contribution is 0.439. The highest BCUT2D eigenvalue weighted by Crippen LogP contribution is 2.22. The quantitative estimate of drug-likeness (QED) is 0.421. The lowest BCUT2D eigenvalue weighted by Gasteiger charge is -2.29. The number of aromatic nitrogens is 1. The molecule has 0 aliphatic rings. The number of benzene rings is 1. The molecule has 1 N–H and O–H groups in total. The van der Waals surface area contributed by atoms with E-state index in [2.05, 4.69) is 39.7 Å². The molecule has 2 rings (SSSR count). The Morgan fingerprint density at radius 3 is 2.40 bits per heavy atom. The third-order valence-electron chi connectivity index (χ3n) is 4.34. The molecule has 0 saturated heterocycles. The molecule has 0 spiro atoms. The number of aryl methyl sites for hydroxylation is 1. The van der Waals surface area contributed by atoms with Crippen molar-refractivity contribution in [2.75, 3.05) is 20.6 Å². The molecule has 4 nitrogen and oxygen atoms in total. The van der Waals surface area contributed by atoms with Crippen LogP contribution in [0.4, 0.5) is 4.39 Å². The summed E-state index contributed by atoms with van der Waals surface area (Å²) in [6.07, 6.45) is 2.04. The zero-order valence-electron chi connectivity index (χ0n) is 15.6. The first kappa shape index (κ1) is 21.5. The first-order valence-electron chi connectivity index (χ1n) is 8.11. The van der Waals surface area contributed by atoms with Crippen molar-refractivity contribution in [3.05, 3.63) is 59.7 Å². The van der Waals surface area contributed by atoms with E-state index in [1.54, 1.807) is 7.05 Å². The standard InChI is InChI=1S/C19H27FN4.HI/c1-19(2,15-8-10-16(20)11-9-15)14-22-18(21-3)24(5)13-17-7-6-12-23(17)4;/h6-12H,13-14H2,1-5H3,(H,21,22);1H. The van der Waals surface area contributed by atoms with E-state index in [0.29, 0.717) is 6.54 Å². The van der Waals surface area contributed by atoms with Gasteiger partial charge in [0.2, 0.25) is 0 Å². The fourth-order valence-corrected chi connectivity index (χ4v) is 2.67. The zero-order valence-corrected chi connectivity index (χ0v) is 17.9. The van der Waals surface area contributed by atoms with Crippen molar-refractivity contribution in [2.45, 2.75) is 25.8 Å². The molecule has 2 aromatic rings. The van der Waals surface area contributed by atoms with Crippen LogP contribution in [-0.4, -0.2) is 36.1 Å². The molecule has 0 aliphatic heterocycles. The van der Waals surface area contributed by atoms with Crippen LogP contribution in [0.2, 0.25) is 0 Å². The van der Waals surface area contributed by atoms with E-state index in [9.17, 15) is 4.39 Å². The van der Waals surface area contributed by atoms with Gasteiger partial charge in [-0.1, -0.05) is 26.0 Å². The largest absolute Gasteiger partial charge is 0.355 e. The van der Waals surface area contributed by atoms with E-state index < -0.39 is 0 Å². The van der Waals surface area contributed by atoms with Gasteiger partial charge in [-0.25, -0.2) is 4.39 Å². The van der Waals surface area contributed by atoms with Gasteiger partial charge in [-0.15, -0.1) is 24.0 Å². The summed E-state index contributed by atoms with van der Waals surface area (Å²) in [6.45, 7) is 5.76. The van der Waals surface area contributed by atoms with Crippen LogP contribution in [0.25, 0.3) is 0 Å². The molecule has 1 heterocycles. The van der Waals surface area contributed by atoms with Gasteiger partial charge in [0.1, 0.15) is 5.82 Å². The summed E-state index contributed by atoms with van der Waals surface area (Å²) in [4.78, 5) is 6.46. The summed E-state index contributed by atoms with van der Waals surface area (Å²) in [5.41, 5.74) is 2.19. The Morgan fingerprint density at radius 2 is 1.88 bits per heavy atom. The minimum absolute atomic E-state index is 0. The van der Waals surface area contributed by atoms with Crippen molar-refractivity contribution in [1.82, 2.24) is 14.8 Å². The lowest BCUT2D eigenvalue weighted by Crippen LogP contribution is -2.44. The maximum Gasteiger partial charge on any atom is 0.193 e. The van der Waals surface area contributed by atoms with E-state index in [0.717, 1.165) is 18.1 Å². The number of aliphatic imine (C=N–C) groups is 1. The second kappa shape index (κ2) is 9.22. The number of hydrogen-bond acceptors (Lipinski definition) is 1. The minimum atomic E-state index is -0.208. The molecular weight excluding hydrogens is 430 g/mol. The molecule has 0 fully saturated rings. The molecule has 25 heavy (non-hydrogen) atoms. The molecular formula is C19H28FIN4. The summed E-state index contributed by atoms with van der Waals surface area (Å²) in [5.74, 6) is 0.631. The van der Waals surface area contributed by atoms with E-state index in [1.165, 1.54) is 17.8 Å². The summed E-state index contributed by atoms with van der Waals surface area (Å²) in [6, 6.07) is 10.8. The topological polar surface area (TPSA) is 32.6 Å². The van der Waals surface area contributed by atoms with Gasteiger partial charge in [-0.2, -0.15) is 0 Å². The van der Waals surface area contributed by atoms with Crippen molar-refractivity contribution in [2.24, 2.45) is 12.0 Å². The number of nitrogens with one attached hydrogen (secondary N) is 1. The van der Waals surface area contributed by atoms with Gasteiger partial charge in [0, 0.05) is 45.0 Å². The Morgan fingerprint density at radius 1 is 1.24 bits per heavy atom. The summed E-state index contributed by atoms with van der Waals surface area (Å²) < 4.78 is 15.2. The first-order valence-corrected chi connectivity index (χ1v) is 8.11. The molecule has 0 unspecified atom stereocenters. The van der Waals surface area contributed by atoms with Crippen molar-refractivity contribution < 1.29 is 4.39 Å². The molecule has 0 atom stereocenters. The van der Waals surface area contributed by atoms with Crippen LogP contribution in [0, 0.1) is 5.82 Å². The molecule has 0 saturated carbocycles. The van der Waals surface area contributed by atoms with Crippen molar-refractivity contribution in [3.63, 3.8) is 0 Å². The number of nitrogens with zero attached hydrogens (tertiary/aromatic N) is 3. The lowest BCUT2D eigenvalue weighted by atomic mass is 9.84. The van der Waals surface area contributed by atoms with Gasteiger partial charge in [0.25, 0.3) is 0 Å². The normalized spacial score (nSPS) is 11.8. The van der Waals surface area contributed by atoms with Crippen LogP contribution in [0.15, 0.2) is 47.6 Å². The predicted molar refractivity (Wildman–Crippen MR) is 113 cm³/mol. The summed E-state index contributed by atoms with van der Waals surface area (Å²) >= 11 is 0. The van der Waals surface area contributed by atoms with Crippen LogP contribution >= 0.6 is 24.0 Å². The average molecular weight is 458 g/mol. The van der Waals surface area contributed by atoms with Gasteiger partial charge < -0.3 is 14.8 Å². The van der Waals surface area contributed by atoms with E-state index in [-0.39, 0.29) is 35.2 Å². The number of rotatable bonds is 5. The van der Waals surface area contributed by atoms with Crippen molar-refractivity contribution in [3.8, 4) is 0 Å². The number of halogens is 2. The van der Waals surface area contributed by atoms with Gasteiger partial charge >= 0.3 is 0 Å². The molecule has 6 heteroatoms. The maximum atomic E-state index is 13.1. The monoisotopic (exact) mass is 458 g/mol. The van der Waals surface area contributed by atoms with E-state index >= 15 is 0 Å². The molecule has 0 radical (unpaired) electrons. The maximum absolute atomic E-state index is 13.1. The molecule has 1 aromatic heterocycles. The van der Waals surface area contributed by atoms with Crippen molar-refractivity contribution in [1.29, 1.82) is 0 Å². The second-order valence-electron chi connectivity index (χ2n) is 6.76. The zero-order chi connectivity index (χ0) is 17.7. The number of hydrogen-bond donors (Lipinski definition) is 1. The smallest absolute Gasteiger partial charge is 0.193 e. The van der Waals surface area contributed by atoms with Crippen LogP contribution in [0.3, 0.4) is 0 Å². The Kier molecular flexibility index (Phi) is 7.92. The number of guanidine groups is 1. The molecule has 0 amide bonds. The summed E-state index contributed by atoms with van der Waals surface area (Å²) in [5, 5.41) is 3.43. The van der Waals surface area contributed by atoms with Crippen LogP contribution < -0.4 is 5.32 Å². The SMILES string of the molecule is CN=C(NCC(C)(C)c1ccc(F)cc1)N(C)Cc1cccn1C.I. The second-order valence-corrected chi connectivity index (χ2v) is 6.76. The molecule has 1 aromatic carbocycles. The average Bonchev–Trinajstić information content (AvgIpc) is 2.93. The Balaban J connectivity index is 0.00000312. The van der Waals surface area contributed by atoms with Gasteiger partial charge in [-0.3, -0.25) is 4.99 Å². The highest BCUT2D eigenvalue weighted by molar-refractivity contribution is 14.0. The Bertz CT molecular complexity index is 692. The molecule has 0 aliphatic carbocycles. The fraction of sp³-hybridized carbons (Fsp3) is 0.421. The van der Waals surface area contributed by atoms with Gasteiger partial charge in [0.15, 0.2) is 5.96 Å². The van der Waals surface area contributed by atoms with Crippen LogP contribution in [0.1, 0.15) is 25.1 Å². The van der Waals surface area contributed by atoms with E-state index in [4.69, 9.17) is 0 Å². The van der Waals surface area contributed by atoms with Crippen LogP contribution in [-0.2, 0) is 19.0 Å². The van der Waals surface area contributed by atoms with Gasteiger partial charge in [0.05, 0.1) is 6.54 Å². The van der Waals surface area contributed by atoms with Crippen molar-refractivity contribution >= 4 is 29.9 Å². The molecule has 0 bridgehead atoms. The first-order chi connectivity index (χ1) is 11.3. The molecule has 138 valence electrons. The van der Waals surface area contributed by atoms with E-state index in [1.807, 2.05) is 38.5 Å². The summed E-state index contributed by atoms with van der Waals surface area (Å²) in [7, 11) is 5.85.